The fraction of sp³-hybridized carbons (Fsp3) is 0.514. The molecule has 4 aromatic rings. The van der Waals surface area contributed by atoms with Gasteiger partial charge in [-0.15, -0.1) is 0 Å². The Bertz CT molecular complexity index is 1980. The van der Waals surface area contributed by atoms with E-state index in [1.165, 1.54) is 0 Å². The molecule has 12 nitrogen and oxygen atoms in total. The fourth-order valence-electron chi connectivity index (χ4n) is 8.21. The van der Waals surface area contributed by atoms with Crippen molar-refractivity contribution in [1.29, 1.82) is 0 Å². The van der Waals surface area contributed by atoms with Crippen LogP contribution in [0.4, 0.5) is 0 Å². The van der Waals surface area contributed by atoms with Crippen molar-refractivity contribution in [3.05, 3.63) is 52.2 Å². The van der Waals surface area contributed by atoms with Crippen LogP contribution in [0, 0.1) is 26.7 Å². The van der Waals surface area contributed by atoms with E-state index in [4.69, 9.17) is 33.4 Å². The van der Waals surface area contributed by atoms with Crippen molar-refractivity contribution in [1.82, 2.24) is 30.3 Å². The summed E-state index contributed by atoms with van der Waals surface area (Å²) in [5, 5.41) is 9.32. The highest BCUT2D eigenvalue weighted by molar-refractivity contribution is 6.12. The largest absolute Gasteiger partial charge is 0.496 e. The molecule has 1 atom stereocenters. The number of H-pyrrole nitrogens is 1. The predicted molar refractivity (Wildman–Crippen MR) is 184 cm³/mol. The molecule has 6 heterocycles. The maximum absolute atomic E-state index is 14.0. The number of amides is 1. The van der Waals surface area contributed by atoms with Gasteiger partial charge in [0, 0.05) is 60.4 Å². The summed E-state index contributed by atoms with van der Waals surface area (Å²) in [5.74, 6) is 2.98. The number of carbonyl (C=O) groups excluding carboxylic acids is 1. The van der Waals surface area contributed by atoms with Crippen molar-refractivity contribution in [2.24, 2.45) is 5.92 Å². The second-order valence-electron chi connectivity index (χ2n) is 13.7. The molecule has 1 unspecified atom stereocenters. The first kappa shape index (κ1) is 31.8. The normalized spacial score (nSPS) is 21.2. The molecular weight excluding hydrogens is 624 g/mol. The van der Waals surface area contributed by atoms with Crippen LogP contribution in [-0.2, 0) is 19.0 Å². The number of piperidine rings is 1. The number of benzene rings is 1. The van der Waals surface area contributed by atoms with Crippen molar-refractivity contribution in [2.75, 3.05) is 46.6 Å². The third-order valence-electron chi connectivity index (χ3n) is 10.6. The topological polar surface area (TPSA) is 137 Å². The van der Waals surface area contributed by atoms with Crippen LogP contribution < -0.4 is 10.1 Å². The maximum atomic E-state index is 14.0. The maximum Gasteiger partial charge on any atom is 0.251 e. The number of hydrogen-bond donors (Lipinski definition) is 2. The van der Waals surface area contributed by atoms with Gasteiger partial charge in [-0.2, -0.15) is 0 Å². The van der Waals surface area contributed by atoms with Crippen LogP contribution in [0.15, 0.2) is 33.7 Å². The van der Waals surface area contributed by atoms with Crippen LogP contribution in [0.1, 0.15) is 62.0 Å². The Morgan fingerprint density at radius 2 is 1.76 bits per heavy atom. The molecule has 49 heavy (non-hydrogen) atoms. The molecular formula is C37H44N6O6. The predicted octanol–water partition coefficient (Wildman–Crippen LogP) is 5.51. The summed E-state index contributed by atoms with van der Waals surface area (Å²) in [6, 6.07) is 4.80. The molecule has 1 amide bonds. The molecule has 0 bridgehead atoms. The van der Waals surface area contributed by atoms with E-state index in [9.17, 15) is 4.79 Å². The molecule has 258 valence electrons. The minimum absolute atomic E-state index is 0.0678. The molecule has 12 heteroatoms. The van der Waals surface area contributed by atoms with Gasteiger partial charge < -0.3 is 38.7 Å². The number of ether oxygens (including phenoxy) is 4. The SMILES string of the molecule is COc1cc2c(cc1-c1c(C)noc1C)[nH]c1nc(C)nc(C3=C4OCCOC4=C(C(=O)NC4CCN(C5CCOCC5)CC4)C(C)C3)c12. The molecule has 0 radical (unpaired) electrons. The monoisotopic (exact) mass is 668 g/mol. The van der Waals surface area contributed by atoms with E-state index in [2.05, 4.69) is 33.3 Å². The van der Waals surface area contributed by atoms with E-state index in [1.807, 2.05) is 26.8 Å². The zero-order valence-electron chi connectivity index (χ0n) is 28.9. The second kappa shape index (κ2) is 12.8. The number of aromatic nitrogens is 4. The van der Waals surface area contributed by atoms with Crippen molar-refractivity contribution in [2.45, 2.75) is 71.9 Å². The van der Waals surface area contributed by atoms with Gasteiger partial charge in [0.05, 0.1) is 35.0 Å². The number of aromatic amines is 1. The Balaban J connectivity index is 1.16. The van der Waals surface area contributed by atoms with E-state index in [1.54, 1.807) is 7.11 Å². The summed E-state index contributed by atoms with van der Waals surface area (Å²) in [6.07, 6.45) is 4.62. The lowest BCUT2D eigenvalue weighted by Gasteiger charge is -2.39. The third-order valence-corrected chi connectivity index (χ3v) is 10.6. The minimum atomic E-state index is -0.117. The first-order chi connectivity index (χ1) is 23.8. The Morgan fingerprint density at radius 3 is 2.47 bits per heavy atom. The molecule has 3 aromatic heterocycles. The summed E-state index contributed by atoms with van der Waals surface area (Å²) in [6.45, 7) is 12.2. The number of allylic oxidation sites excluding steroid dienone is 1. The Kier molecular flexibility index (Phi) is 8.31. The van der Waals surface area contributed by atoms with E-state index in [0.29, 0.717) is 60.0 Å². The summed E-state index contributed by atoms with van der Waals surface area (Å²) in [7, 11) is 1.67. The first-order valence-corrected chi connectivity index (χ1v) is 17.5. The van der Waals surface area contributed by atoms with E-state index in [0.717, 1.165) is 102 Å². The lowest BCUT2D eigenvalue weighted by molar-refractivity contribution is -0.119. The smallest absolute Gasteiger partial charge is 0.251 e. The minimum Gasteiger partial charge on any atom is -0.496 e. The van der Waals surface area contributed by atoms with Gasteiger partial charge in [-0.1, -0.05) is 12.1 Å². The summed E-state index contributed by atoms with van der Waals surface area (Å²) >= 11 is 0. The van der Waals surface area contributed by atoms with Crippen LogP contribution in [-0.4, -0.2) is 89.6 Å². The van der Waals surface area contributed by atoms with Crippen LogP contribution in [0.2, 0.25) is 0 Å². The number of carbonyl (C=O) groups is 1. The number of rotatable bonds is 6. The number of aryl methyl sites for hydroxylation is 3. The van der Waals surface area contributed by atoms with E-state index < -0.39 is 0 Å². The first-order valence-electron chi connectivity index (χ1n) is 17.5. The number of hydrogen-bond acceptors (Lipinski definition) is 10. The summed E-state index contributed by atoms with van der Waals surface area (Å²) in [5.41, 5.74) is 6.52. The van der Waals surface area contributed by atoms with Gasteiger partial charge in [0.25, 0.3) is 5.91 Å². The second-order valence-corrected chi connectivity index (χ2v) is 13.7. The standard InChI is InChI=1S/C37H44N6O6/c1-19-16-27(34-35(48-15-14-47-34)30(19)37(44)40-23-6-10-43(11-7-23)24-8-12-46-13-9-24)33-32-25-18-29(45-5)26(31-20(2)42-49-21(31)3)17-28(25)41-36(32)39-22(4)38-33/h17-19,23-24H,6-16H2,1-5H3,(H,40,44)(H,38,39,41). The molecule has 0 saturated carbocycles. The van der Waals surface area contributed by atoms with Crippen molar-refractivity contribution in [3.63, 3.8) is 0 Å². The average molecular weight is 669 g/mol. The molecule has 3 aliphatic heterocycles. The number of nitrogens with zero attached hydrogens (tertiary/aromatic N) is 4. The molecule has 1 aromatic carbocycles. The Morgan fingerprint density at radius 1 is 1.00 bits per heavy atom. The van der Waals surface area contributed by atoms with Gasteiger partial charge in [0.15, 0.2) is 11.5 Å². The van der Waals surface area contributed by atoms with Gasteiger partial charge in [-0.25, -0.2) is 9.97 Å². The lowest BCUT2D eigenvalue weighted by atomic mass is 9.83. The van der Waals surface area contributed by atoms with E-state index >= 15 is 0 Å². The van der Waals surface area contributed by atoms with Gasteiger partial charge in [-0.05, 0) is 70.9 Å². The van der Waals surface area contributed by atoms with Gasteiger partial charge >= 0.3 is 0 Å². The van der Waals surface area contributed by atoms with Crippen LogP contribution in [0.3, 0.4) is 0 Å². The lowest BCUT2D eigenvalue weighted by Crippen LogP contribution is -2.50. The van der Waals surface area contributed by atoms with E-state index in [-0.39, 0.29) is 17.9 Å². The number of fused-ring (bicyclic) bond motifs is 4. The van der Waals surface area contributed by atoms with Crippen LogP contribution in [0.25, 0.3) is 38.6 Å². The quantitative estimate of drug-likeness (QED) is 0.271. The molecule has 3 fully saturated rings. The Labute approximate surface area is 285 Å². The van der Waals surface area contributed by atoms with Gasteiger partial charge in [0.1, 0.15) is 36.2 Å². The average Bonchev–Trinajstić information content (AvgIpc) is 3.64. The number of nitrogens with one attached hydrogen (secondary N) is 2. The summed E-state index contributed by atoms with van der Waals surface area (Å²) in [4.78, 5) is 29.9. The third kappa shape index (κ3) is 5.64. The molecule has 3 saturated heterocycles. The molecule has 8 rings (SSSR count). The van der Waals surface area contributed by atoms with Crippen LogP contribution in [0.5, 0.6) is 5.75 Å². The molecule has 0 spiro atoms. The van der Waals surface area contributed by atoms with Gasteiger partial charge in [0.2, 0.25) is 0 Å². The molecule has 4 aliphatic rings. The highest BCUT2D eigenvalue weighted by Crippen LogP contribution is 2.46. The van der Waals surface area contributed by atoms with Crippen molar-refractivity contribution in [3.8, 4) is 16.9 Å². The molecule has 2 N–H and O–H groups in total. The van der Waals surface area contributed by atoms with Crippen molar-refractivity contribution >= 4 is 33.4 Å². The van der Waals surface area contributed by atoms with Crippen LogP contribution >= 0.6 is 0 Å². The number of likely N-dealkylation sites (tertiary alicyclic amines) is 1. The highest BCUT2D eigenvalue weighted by Gasteiger charge is 2.38. The Hall–Kier alpha value is -4.42. The molecule has 1 aliphatic carbocycles. The number of methoxy groups -OCH3 is 1. The zero-order valence-corrected chi connectivity index (χ0v) is 28.9. The van der Waals surface area contributed by atoms with Crippen molar-refractivity contribution < 1.29 is 28.3 Å². The van der Waals surface area contributed by atoms with Gasteiger partial charge in [-0.3, -0.25) is 4.79 Å². The highest BCUT2D eigenvalue weighted by atomic mass is 16.6. The fourth-order valence-corrected chi connectivity index (χ4v) is 8.21. The zero-order chi connectivity index (χ0) is 33.8. The summed E-state index contributed by atoms with van der Waals surface area (Å²) < 4.78 is 29.6.